The van der Waals surface area contributed by atoms with Crippen molar-refractivity contribution < 1.29 is 4.79 Å². The Morgan fingerprint density at radius 3 is 2.25 bits per heavy atom. The van der Waals surface area contributed by atoms with Crippen LogP contribution in [0.3, 0.4) is 0 Å². The van der Waals surface area contributed by atoms with Gasteiger partial charge in [0.1, 0.15) is 0 Å². The van der Waals surface area contributed by atoms with Crippen LogP contribution in [0.1, 0.15) is 26.3 Å². The highest BCUT2D eigenvalue weighted by Crippen LogP contribution is 2.13. The minimum Gasteiger partial charge on any atom is -0.351 e. The Morgan fingerprint density at radius 1 is 1.25 bits per heavy atom. The van der Waals surface area contributed by atoms with Crippen molar-refractivity contribution in [1.29, 1.82) is 0 Å². The van der Waals surface area contributed by atoms with Crippen LogP contribution in [0.25, 0.3) is 0 Å². The topological polar surface area (TPSA) is 46.3 Å². The molecule has 3 nitrogen and oxygen atoms in total. The van der Waals surface area contributed by atoms with Crippen LogP contribution >= 0.6 is 0 Å². The van der Waals surface area contributed by atoms with E-state index in [0.717, 1.165) is 6.42 Å². The monoisotopic (exact) mass is 220 g/mol. The number of nitrogens with two attached hydrogens (primary N) is 1. The fourth-order valence-electron chi connectivity index (χ4n) is 1.66. The number of carbonyl (C=O) groups excluding carboxylic acids is 1. The molecule has 1 rings (SSSR count). The average molecular weight is 220 g/mol. The van der Waals surface area contributed by atoms with Crippen molar-refractivity contribution in [2.24, 2.45) is 5.73 Å². The number of nitrogens with zero attached hydrogens (tertiary/aromatic N) is 1. The Hall–Kier alpha value is -1.51. The fraction of sp³-hybridized carbons (Fsp3) is 0.462. The van der Waals surface area contributed by atoms with E-state index in [-0.39, 0.29) is 11.6 Å². The molecule has 16 heavy (non-hydrogen) atoms. The maximum atomic E-state index is 11.3. The van der Waals surface area contributed by atoms with Gasteiger partial charge >= 0.3 is 6.03 Å². The van der Waals surface area contributed by atoms with E-state index in [0.29, 0.717) is 6.54 Å². The summed E-state index contributed by atoms with van der Waals surface area (Å²) in [6, 6.07) is 9.74. The van der Waals surface area contributed by atoms with Gasteiger partial charge in [-0.25, -0.2) is 4.79 Å². The van der Waals surface area contributed by atoms with Gasteiger partial charge in [0, 0.05) is 12.1 Å². The molecule has 88 valence electrons. The van der Waals surface area contributed by atoms with Crippen molar-refractivity contribution in [2.45, 2.75) is 32.7 Å². The Kier molecular flexibility index (Phi) is 3.93. The first-order chi connectivity index (χ1) is 7.41. The van der Waals surface area contributed by atoms with Gasteiger partial charge in [-0.1, -0.05) is 30.3 Å². The zero-order valence-corrected chi connectivity index (χ0v) is 10.2. The lowest BCUT2D eigenvalue weighted by atomic mass is 10.0. The highest BCUT2D eigenvalue weighted by atomic mass is 16.2. The Bertz CT molecular complexity index is 341. The van der Waals surface area contributed by atoms with E-state index in [4.69, 9.17) is 5.73 Å². The largest absolute Gasteiger partial charge is 0.351 e. The number of hydrogen-bond donors (Lipinski definition) is 1. The standard InChI is InChI=1S/C13H20N2O/c1-13(2,3)15(12(14)16)10-9-11-7-5-4-6-8-11/h4-8H,9-10H2,1-3H3,(H2,14,16). The van der Waals surface area contributed by atoms with Gasteiger partial charge in [0.15, 0.2) is 0 Å². The van der Waals surface area contributed by atoms with Gasteiger partial charge in [-0.05, 0) is 32.8 Å². The number of amides is 2. The van der Waals surface area contributed by atoms with Crippen molar-refractivity contribution in [1.82, 2.24) is 4.90 Å². The predicted molar refractivity (Wildman–Crippen MR) is 66.2 cm³/mol. The molecule has 0 spiro atoms. The van der Waals surface area contributed by atoms with Gasteiger partial charge in [0.05, 0.1) is 0 Å². The number of benzene rings is 1. The third kappa shape index (κ3) is 3.57. The van der Waals surface area contributed by atoms with Gasteiger partial charge in [0.25, 0.3) is 0 Å². The van der Waals surface area contributed by atoms with E-state index >= 15 is 0 Å². The number of primary amides is 1. The second kappa shape index (κ2) is 5.01. The summed E-state index contributed by atoms with van der Waals surface area (Å²) in [5, 5.41) is 0. The molecule has 0 aliphatic carbocycles. The molecule has 0 aliphatic rings. The molecule has 3 heteroatoms. The molecular weight excluding hydrogens is 200 g/mol. The third-order valence-electron chi connectivity index (χ3n) is 2.54. The molecule has 0 unspecified atom stereocenters. The van der Waals surface area contributed by atoms with Crippen LogP contribution in [0.4, 0.5) is 4.79 Å². The molecule has 2 amide bonds. The zero-order valence-electron chi connectivity index (χ0n) is 10.2. The van der Waals surface area contributed by atoms with Gasteiger partial charge in [0.2, 0.25) is 0 Å². The SMILES string of the molecule is CC(C)(C)N(CCc1ccccc1)C(N)=O. The Labute approximate surface area is 97.2 Å². The molecule has 1 aromatic rings. The second-order valence-electron chi connectivity index (χ2n) is 4.90. The molecule has 0 aliphatic heterocycles. The lowest BCUT2D eigenvalue weighted by molar-refractivity contribution is 0.154. The molecular formula is C13H20N2O. The van der Waals surface area contributed by atoms with E-state index in [1.54, 1.807) is 4.90 Å². The van der Waals surface area contributed by atoms with Crippen molar-refractivity contribution in [3.63, 3.8) is 0 Å². The van der Waals surface area contributed by atoms with E-state index in [2.05, 4.69) is 12.1 Å². The minimum absolute atomic E-state index is 0.222. The third-order valence-corrected chi connectivity index (χ3v) is 2.54. The molecule has 2 N–H and O–H groups in total. The van der Waals surface area contributed by atoms with Crippen molar-refractivity contribution in [3.8, 4) is 0 Å². The van der Waals surface area contributed by atoms with E-state index in [9.17, 15) is 4.79 Å². The number of carbonyl (C=O) groups is 1. The van der Waals surface area contributed by atoms with Crippen LogP contribution in [0.5, 0.6) is 0 Å². The van der Waals surface area contributed by atoms with Crippen molar-refractivity contribution >= 4 is 6.03 Å². The maximum Gasteiger partial charge on any atom is 0.315 e. The first kappa shape index (κ1) is 12.6. The van der Waals surface area contributed by atoms with E-state index in [1.165, 1.54) is 5.56 Å². The molecule has 1 aromatic carbocycles. The van der Waals surface area contributed by atoms with Crippen LogP contribution in [0.2, 0.25) is 0 Å². The number of rotatable bonds is 3. The fourth-order valence-corrected chi connectivity index (χ4v) is 1.66. The normalized spacial score (nSPS) is 11.2. The van der Waals surface area contributed by atoms with Crippen LogP contribution in [0.15, 0.2) is 30.3 Å². The lowest BCUT2D eigenvalue weighted by Gasteiger charge is -2.34. The van der Waals surface area contributed by atoms with Crippen LogP contribution < -0.4 is 5.73 Å². The Balaban J connectivity index is 2.62. The molecule has 0 saturated heterocycles. The highest BCUT2D eigenvalue weighted by Gasteiger charge is 2.23. The molecule has 0 radical (unpaired) electrons. The molecule has 0 atom stereocenters. The summed E-state index contributed by atoms with van der Waals surface area (Å²) >= 11 is 0. The van der Waals surface area contributed by atoms with Gasteiger partial charge < -0.3 is 10.6 Å². The number of hydrogen-bond acceptors (Lipinski definition) is 1. The van der Waals surface area contributed by atoms with E-state index < -0.39 is 0 Å². The summed E-state index contributed by atoms with van der Waals surface area (Å²) in [5.41, 5.74) is 6.37. The minimum atomic E-state index is -0.358. The first-order valence-corrected chi connectivity index (χ1v) is 5.52. The van der Waals surface area contributed by atoms with Gasteiger partial charge in [-0.3, -0.25) is 0 Å². The van der Waals surface area contributed by atoms with Crippen LogP contribution in [-0.2, 0) is 6.42 Å². The van der Waals surface area contributed by atoms with Gasteiger partial charge in [-0.15, -0.1) is 0 Å². The van der Waals surface area contributed by atoms with Crippen LogP contribution in [-0.4, -0.2) is 23.0 Å². The summed E-state index contributed by atoms with van der Waals surface area (Å²) < 4.78 is 0. The van der Waals surface area contributed by atoms with Crippen molar-refractivity contribution in [2.75, 3.05) is 6.54 Å². The average Bonchev–Trinajstić information content (AvgIpc) is 2.17. The summed E-state index contributed by atoms with van der Waals surface area (Å²) in [4.78, 5) is 13.0. The molecule has 0 heterocycles. The summed E-state index contributed by atoms with van der Waals surface area (Å²) in [6.07, 6.45) is 0.834. The number of urea groups is 1. The van der Waals surface area contributed by atoms with Crippen molar-refractivity contribution in [3.05, 3.63) is 35.9 Å². The molecule has 0 saturated carbocycles. The highest BCUT2D eigenvalue weighted by molar-refractivity contribution is 5.72. The summed E-state index contributed by atoms with van der Waals surface area (Å²) in [5.74, 6) is 0. The predicted octanol–water partition coefficient (Wildman–Crippen LogP) is 2.41. The molecule has 0 bridgehead atoms. The Morgan fingerprint density at radius 2 is 1.81 bits per heavy atom. The smallest absolute Gasteiger partial charge is 0.315 e. The quantitative estimate of drug-likeness (QED) is 0.835. The molecule has 0 fully saturated rings. The second-order valence-corrected chi connectivity index (χ2v) is 4.90. The molecule has 0 aromatic heterocycles. The summed E-state index contributed by atoms with van der Waals surface area (Å²) in [7, 11) is 0. The lowest BCUT2D eigenvalue weighted by Crippen LogP contribution is -2.49. The zero-order chi connectivity index (χ0) is 12.2. The van der Waals surface area contributed by atoms with E-state index in [1.807, 2.05) is 39.0 Å². The maximum absolute atomic E-state index is 11.3. The van der Waals surface area contributed by atoms with Crippen LogP contribution in [0, 0.1) is 0 Å². The van der Waals surface area contributed by atoms with Gasteiger partial charge in [-0.2, -0.15) is 0 Å². The summed E-state index contributed by atoms with van der Waals surface area (Å²) in [6.45, 7) is 6.62. The first-order valence-electron chi connectivity index (χ1n) is 5.52.